The predicted octanol–water partition coefficient (Wildman–Crippen LogP) is 2.99. The van der Waals surface area contributed by atoms with Crippen LogP contribution >= 0.6 is 0 Å². The lowest BCUT2D eigenvalue weighted by molar-refractivity contribution is 0.367. The van der Waals surface area contributed by atoms with E-state index in [4.69, 9.17) is 10.00 Å². The topological polar surface area (TPSA) is 45.0 Å². The summed E-state index contributed by atoms with van der Waals surface area (Å²) in [5.41, 5.74) is 2.25. The molecule has 0 saturated heterocycles. The molecular formula is C15H20N2O. The van der Waals surface area contributed by atoms with Gasteiger partial charge in [-0.1, -0.05) is 36.8 Å². The number of hydrogen-bond donors (Lipinski definition) is 1. The van der Waals surface area contributed by atoms with Gasteiger partial charge in [0.25, 0.3) is 0 Å². The zero-order chi connectivity index (χ0) is 13.4. The first-order chi connectivity index (χ1) is 8.69. The smallest absolute Gasteiger partial charge is 0.174 e. The van der Waals surface area contributed by atoms with Gasteiger partial charge in [0, 0.05) is 11.6 Å². The largest absolute Gasteiger partial charge is 0.478 e. The monoisotopic (exact) mass is 244 g/mol. The van der Waals surface area contributed by atoms with Crippen LogP contribution in [0.2, 0.25) is 0 Å². The number of rotatable bonds is 6. The molecule has 1 rings (SSSR count). The number of nitrogens with one attached hydrogen (secondary N) is 1. The van der Waals surface area contributed by atoms with E-state index in [0.717, 1.165) is 17.9 Å². The molecule has 1 N–H and O–H groups in total. The van der Waals surface area contributed by atoms with Crippen molar-refractivity contribution in [3.63, 3.8) is 0 Å². The van der Waals surface area contributed by atoms with Crippen molar-refractivity contribution < 1.29 is 4.74 Å². The van der Waals surface area contributed by atoms with Crippen molar-refractivity contribution in [2.45, 2.75) is 26.8 Å². The Hall–Kier alpha value is -1.79. The molecule has 3 heteroatoms. The maximum absolute atomic E-state index is 8.56. The average Bonchev–Trinajstić information content (AvgIpc) is 2.38. The maximum atomic E-state index is 8.56. The second-order valence-corrected chi connectivity index (χ2v) is 4.15. The van der Waals surface area contributed by atoms with Crippen molar-refractivity contribution in [1.29, 1.82) is 5.26 Å². The Labute approximate surface area is 109 Å². The van der Waals surface area contributed by atoms with Crippen LogP contribution in [-0.4, -0.2) is 19.2 Å². The van der Waals surface area contributed by atoms with Crippen LogP contribution in [0.4, 0.5) is 0 Å². The molecule has 0 heterocycles. The SMILES string of the molecule is CCNC(C)/C(C)=C/c1ccccc1OCC#N. The molecule has 1 atom stereocenters. The van der Waals surface area contributed by atoms with Gasteiger partial charge in [0.15, 0.2) is 6.61 Å². The van der Waals surface area contributed by atoms with Crippen molar-refractivity contribution in [3.8, 4) is 11.8 Å². The molecule has 0 fully saturated rings. The van der Waals surface area contributed by atoms with E-state index in [0.29, 0.717) is 6.04 Å². The first-order valence-corrected chi connectivity index (χ1v) is 6.19. The molecule has 0 amide bonds. The number of nitrogens with zero attached hydrogens (tertiary/aromatic N) is 1. The van der Waals surface area contributed by atoms with Crippen LogP contribution in [0.5, 0.6) is 5.75 Å². The van der Waals surface area contributed by atoms with Gasteiger partial charge in [-0.25, -0.2) is 0 Å². The van der Waals surface area contributed by atoms with Gasteiger partial charge in [-0.2, -0.15) is 5.26 Å². The predicted molar refractivity (Wildman–Crippen MR) is 74.3 cm³/mol. The summed E-state index contributed by atoms with van der Waals surface area (Å²) in [6, 6.07) is 10.1. The van der Waals surface area contributed by atoms with E-state index in [1.807, 2.05) is 30.3 Å². The highest BCUT2D eigenvalue weighted by molar-refractivity contribution is 5.60. The summed E-state index contributed by atoms with van der Waals surface area (Å²) in [5.74, 6) is 0.752. The minimum Gasteiger partial charge on any atom is -0.478 e. The van der Waals surface area contributed by atoms with E-state index >= 15 is 0 Å². The number of hydrogen-bond acceptors (Lipinski definition) is 3. The molecule has 0 bridgehead atoms. The van der Waals surface area contributed by atoms with E-state index in [2.05, 4.69) is 32.2 Å². The number of benzene rings is 1. The summed E-state index contributed by atoms with van der Waals surface area (Å²) in [6.45, 7) is 7.34. The minimum absolute atomic E-state index is 0.0761. The fourth-order valence-corrected chi connectivity index (χ4v) is 1.68. The Balaban J connectivity index is 2.89. The Morgan fingerprint density at radius 2 is 2.22 bits per heavy atom. The summed E-state index contributed by atoms with van der Waals surface area (Å²) in [4.78, 5) is 0. The number of para-hydroxylation sites is 1. The van der Waals surface area contributed by atoms with E-state index in [1.54, 1.807) is 0 Å². The summed E-state index contributed by atoms with van der Waals surface area (Å²) in [6.07, 6.45) is 2.10. The zero-order valence-electron chi connectivity index (χ0n) is 11.2. The van der Waals surface area contributed by atoms with Crippen LogP contribution in [0.3, 0.4) is 0 Å². The first kappa shape index (κ1) is 14.3. The molecule has 0 spiro atoms. The van der Waals surface area contributed by atoms with Gasteiger partial charge in [-0.05, 0) is 26.5 Å². The molecule has 0 aliphatic heterocycles. The van der Waals surface area contributed by atoms with E-state index in [-0.39, 0.29) is 6.61 Å². The lowest BCUT2D eigenvalue weighted by atomic mass is 10.1. The highest BCUT2D eigenvalue weighted by atomic mass is 16.5. The number of ether oxygens (including phenoxy) is 1. The van der Waals surface area contributed by atoms with Gasteiger partial charge in [0.05, 0.1) is 0 Å². The fourth-order valence-electron chi connectivity index (χ4n) is 1.68. The van der Waals surface area contributed by atoms with Crippen LogP contribution in [0.25, 0.3) is 6.08 Å². The summed E-state index contributed by atoms with van der Waals surface area (Å²) in [5, 5.41) is 11.9. The number of nitriles is 1. The van der Waals surface area contributed by atoms with Gasteiger partial charge < -0.3 is 10.1 Å². The van der Waals surface area contributed by atoms with Crippen LogP contribution < -0.4 is 10.1 Å². The molecular weight excluding hydrogens is 224 g/mol. The summed E-state index contributed by atoms with van der Waals surface area (Å²) < 4.78 is 5.40. The van der Waals surface area contributed by atoms with E-state index < -0.39 is 0 Å². The van der Waals surface area contributed by atoms with Gasteiger partial charge in [0.1, 0.15) is 11.8 Å². The quantitative estimate of drug-likeness (QED) is 0.836. The maximum Gasteiger partial charge on any atom is 0.174 e. The van der Waals surface area contributed by atoms with Crippen molar-refractivity contribution in [2.75, 3.05) is 13.2 Å². The normalized spacial score (nSPS) is 12.9. The molecule has 3 nitrogen and oxygen atoms in total. The summed E-state index contributed by atoms with van der Waals surface area (Å²) >= 11 is 0. The molecule has 18 heavy (non-hydrogen) atoms. The van der Waals surface area contributed by atoms with Gasteiger partial charge in [-0.15, -0.1) is 0 Å². The molecule has 1 unspecified atom stereocenters. The Morgan fingerprint density at radius 1 is 1.50 bits per heavy atom. The van der Waals surface area contributed by atoms with Crippen LogP contribution in [0, 0.1) is 11.3 Å². The van der Waals surface area contributed by atoms with Gasteiger partial charge in [0.2, 0.25) is 0 Å². The molecule has 0 radical (unpaired) electrons. The van der Waals surface area contributed by atoms with Crippen LogP contribution in [0.1, 0.15) is 26.3 Å². The second kappa shape index (κ2) is 7.52. The van der Waals surface area contributed by atoms with Crippen molar-refractivity contribution >= 4 is 6.08 Å². The molecule has 0 aromatic heterocycles. The zero-order valence-corrected chi connectivity index (χ0v) is 11.2. The molecule has 96 valence electrons. The van der Waals surface area contributed by atoms with E-state index in [1.165, 1.54) is 5.57 Å². The van der Waals surface area contributed by atoms with Crippen molar-refractivity contribution in [3.05, 3.63) is 35.4 Å². The third-order valence-corrected chi connectivity index (χ3v) is 2.79. The standard InChI is InChI=1S/C15H20N2O/c1-4-17-13(3)12(2)11-14-7-5-6-8-15(14)18-10-9-16/h5-8,11,13,17H,4,10H2,1-3H3/b12-11+. The highest BCUT2D eigenvalue weighted by Crippen LogP contribution is 2.21. The van der Waals surface area contributed by atoms with Crippen LogP contribution in [0.15, 0.2) is 29.8 Å². The minimum atomic E-state index is 0.0761. The highest BCUT2D eigenvalue weighted by Gasteiger charge is 2.05. The Kier molecular flexibility index (Phi) is 5.96. The third kappa shape index (κ3) is 4.23. The molecule has 0 aliphatic rings. The molecule has 0 saturated carbocycles. The van der Waals surface area contributed by atoms with Gasteiger partial charge in [-0.3, -0.25) is 0 Å². The van der Waals surface area contributed by atoms with Crippen LogP contribution in [-0.2, 0) is 0 Å². The third-order valence-electron chi connectivity index (χ3n) is 2.79. The molecule has 0 aliphatic carbocycles. The van der Waals surface area contributed by atoms with Crippen molar-refractivity contribution in [2.24, 2.45) is 0 Å². The van der Waals surface area contributed by atoms with Crippen molar-refractivity contribution in [1.82, 2.24) is 5.32 Å². The molecule has 1 aromatic rings. The lowest BCUT2D eigenvalue weighted by Gasteiger charge is -2.14. The molecule has 1 aromatic carbocycles. The number of likely N-dealkylation sites (N-methyl/N-ethyl adjacent to an activating group) is 1. The van der Waals surface area contributed by atoms with Gasteiger partial charge >= 0.3 is 0 Å². The van der Waals surface area contributed by atoms with E-state index in [9.17, 15) is 0 Å². The lowest BCUT2D eigenvalue weighted by Crippen LogP contribution is -2.26. The fraction of sp³-hybridized carbons (Fsp3) is 0.400. The first-order valence-electron chi connectivity index (χ1n) is 6.19. The average molecular weight is 244 g/mol. The Morgan fingerprint density at radius 3 is 2.89 bits per heavy atom. The summed E-state index contributed by atoms with van der Waals surface area (Å²) in [7, 11) is 0. The second-order valence-electron chi connectivity index (χ2n) is 4.15. The Bertz CT molecular complexity index is 446.